The maximum atomic E-state index is 11.7. The van der Waals surface area contributed by atoms with Crippen LogP contribution in [0, 0.1) is 0 Å². The monoisotopic (exact) mass is 459 g/mol. The Morgan fingerprint density at radius 3 is 2.03 bits per heavy atom. The van der Waals surface area contributed by atoms with Crippen molar-refractivity contribution in [3.05, 3.63) is 28.8 Å². The molecule has 0 fully saturated rings. The van der Waals surface area contributed by atoms with Crippen molar-refractivity contribution in [2.45, 2.75) is 136 Å². The second-order valence-corrected chi connectivity index (χ2v) is 11.0. The number of phenolic OH excluding ortho intramolecular Hbond substituents is 1. The Bertz CT molecular complexity index is 677. The fourth-order valence-corrected chi connectivity index (χ4v) is 5.06. The van der Waals surface area contributed by atoms with Crippen LogP contribution in [0.25, 0.3) is 0 Å². The third-order valence-corrected chi connectivity index (χ3v) is 7.03. The second-order valence-electron chi connectivity index (χ2n) is 11.0. The summed E-state index contributed by atoms with van der Waals surface area (Å²) in [6, 6.07) is 4.82. The third-order valence-electron chi connectivity index (χ3n) is 7.03. The van der Waals surface area contributed by atoms with Crippen molar-refractivity contribution in [2.75, 3.05) is 13.1 Å². The summed E-state index contributed by atoms with van der Waals surface area (Å²) in [5.74, 6) is 0.587. The molecule has 1 N–H and O–H groups in total. The number of aldehydes is 1. The molecule has 3 heteroatoms. The SMILES string of the molecule is CCCCC(CCC)N(CCCC)CCCC(CCC)c1cc(C=O)c(O)c(C(C)(C)C)c1. The van der Waals surface area contributed by atoms with E-state index in [-0.39, 0.29) is 11.2 Å². The lowest BCUT2D eigenvalue weighted by Crippen LogP contribution is -2.37. The number of unbranched alkanes of at least 4 members (excludes halogenated alkanes) is 2. The smallest absolute Gasteiger partial charge is 0.153 e. The first-order valence-electron chi connectivity index (χ1n) is 13.8. The normalized spacial score (nSPS) is 13.9. The number of hydrogen-bond donors (Lipinski definition) is 1. The van der Waals surface area contributed by atoms with E-state index in [1.807, 2.05) is 6.07 Å². The molecule has 0 spiro atoms. The van der Waals surface area contributed by atoms with Crippen LogP contribution in [0.15, 0.2) is 12.1 Å². The van der Waals surface area contributed by atoms with Crippen LogP contribution in [0.5, 0.6) is 5.75 Å². The zero-order valence-corrected chi connectivity index (χ0v) is 22.9. The van der Waals surface area contributed by atoms with Crippen LogP contribution < -0.4 is 0 Å². The number of hydrogen-bond acceptors (Lipinski definition) is 3. The Kier molecular flexibility index (Phi) is 14.0. The van der Waals surface area contributed by atoms with E-state index in [1.165, 1.54) is 70.0 Å². The molecule has 1 rings (SSSR count). The molecule has 0 aliphatic carbocycles. The fraction of sp³-hybridized carbons (Fsp3) is 0.767. The third kappa shape index (κ3) is 9.81. The van der Waals surface area contributed by atoms with E-state index in [4.69, 9.17) is 0 Å². The number of rotatable bonds is 17. The maximum Gasteiger partial charge on any atom is 0.153 e. The van der Waals surface area contributed by atoms with Crippen LogP contribution in [-0.4, -0.2) is 35.4 Å². The Hall–Kier alpha value is -1.35. The van der Waals surface area contributed by atoms with Gasteiger partial charge in [0.2, 0.25) is 0 Å². The fourth-order valence-electron chi connectivity index (χ4n) is 5.06. The first-order valence-corrected chi connectivity index (χ1v) is 13.8. The molecule has 0 aromatic heterocycles. The van der Waals surface area contributed by atoms with Crippen molar-refractivity contribution >= 4 is 6.29 Å². The van der Waals surface area contributed by atoms with Gasteiger partial charge in [0.05, 0.1) is 5.56 Å². The molecule has 0 bridgehead atoms. The summed E-state index contributed by atoms with van der Waals surface area (Å²) in [4.78, 5) is 14.5. The van der Waals surface area contributed by atoms with Gasteiger partial charge in [0.15, 0.2) is 6.29 Å². The molecule has 0 radical (unpaired) electrons. The molecule has 2 atom stereocenters. The molecule has 0 saturated carbocycles. The van der Waals surface area contributed by atoms with Gasteiger partial charge < -0.3 is 10.0 Å². The molecule has 2 unspecified atom stereocenters. The molecule has 190 valence electrons. The predicted octanol–water partition coefficient (Wildman–Crippen LogP) is 8.63. The number of carbonyl (C=O) groups is 1. The molecule has 0 aliphatic heterocycles. The minimum Gasteiger partial charge on any atom is -0.507 e. The molecule has 33 heavy (non-hydrogen) atoms. The number of phenols is 1. The van der Waals surface area contributed by atoms with E-state index in [0.717, 1.165) is 31.1 Å². The lowest BCUT2D eigenvalue weighted by atomic mass is 9.80. The van der Waals surface area contributed by atoms with Gasteiger partial charge in [0.1, 0.15) is 5.75 Å². The van der Waals surface area contributed by atoms with Crippen molar-refractivity contribution in [2.24, 2.45) is 0 Å². The summed E-state index contributed by atoms with van der Waals surface area (Å²) >= 11 is 0. The van der Waals surface area contributed by atoms with Gasteiger partial charge in [-0.05, 0) is 74.6 Å². The number of carbonyl (C=O) groups excluding carboxylic acids is 1. The molecule has 0 amide bonds. The summed E-state index contributed by atoms with van der Waals surface area (Å²) in [7, 11) is 0. The van der Waals surface area contributed by atoms with E-state index < -0.39 is 0 Å². The van der Waals surface area contributed by atoms with E-state index in [1.54, 1.807) is 0 Å². The number of benzene rings is 1. The molecule has 0 heterocycles. The van der Waals surface area contributed by atoms with Crippen molar-refractivity contribution in [3.63, 3.8) is 0 Å². The highest BCUT2D eigenvalue weighted by atomic mass is 16.3. The van der Waals surface area contributed by atoms with Gasteiger partial charge in [-0.2, -0.15) is 0 Å². The summed E-state index contributed by atoms with van der Waals surface area (Å²) in [6.45, 7) is 17.8. The minimum absolute atomic E-state index is 0.153. The Labute approximate surface area is 205 Å². The molecule has 0 aliphatic rings. The molecular weight excluding hydrogens is 406 g/mol. The van der Waals surface area contributed by atoms with Gasteiger partial charge >= 0.3 is 0 Å². The topological polar surface area (TPSA) is 40.5 Å². The lowest BCUT2D eigenvalue weighted by molar-refractivity contribution is 0.112. The van der Waals surface area contributed by atoms with Crippen LogP contribution in [0.3, 0.4) is 0 Å². The minimum atomic E-state index is -0.196. The first kappa shape index (κ1) is 29.7. The van der Waals surface area contributed by atoms with E-state index in [0.29, 0.717) is 17.5 Å². The van der Waals surface area contributed by atoms with Crippen LogP contribution >= 0.6 is 0 Å². The summed E-state index contributed by atoms with van der Waals surface area (Å²) < 4.78 is 0. The summed E-state index contributed by atoms with van der Waals surface area (Å²) in [5.41, 5.74) is 2.34. The molecule has 0 saturated heterocycles. The summed E-state index contributed by atoms with van der Waals surface area (Å²) in [5, 5.41) is 10.6. The van der Waals surface area contributed by atoms with E-state index >= 15 is 0 Å². The lowest BCUT2D eigenvalue weighted by Gasteiger charge is -2.32. The van der Waals surface area contributed by atoms with Gasteiger partial charge in [-0.1, -0.05) is 86.6 Å². The largest absolute Gasteiger partial charge is 0.507 e. The van der Waals surface area contributed by atoms with Crippen molar-refractivity contribution in [1.82, 2.24) is 4.90 Å². The van der Waals surface area contributed by atoms with Gasteiger partial charge in [0, 0.05) is 11.6 Å². The van der Waals surface area contributed by atoms with Crippen LogP contribution in [0.4, 0.5) is 0 Å². The molecule has 3 nitrogen and oxygen atoms in total. The van der Waals surface area contributed by atoms with E-state index in [2.05, 4.69) is 59.4 Å². The van der Waals surface area contributed by atoms with Gasteiger partial charge in [-0.25, -0.2) is 0 Å². The highest BCUT2D eigenvalue weighted by Gasteiger charge is 2.24. The maximum absolute atomic E-state index is 11.7. The molecular formula is C30H53NO2. The quantitative estimate of drug-likeness (QED) is 0.237. The number of aromatic hydroxyl groups is 1. The Morgan fingerprint density at radius 1 is 0.848 bits per heavy atom. The Balaban J connectivity index is 3.04. The van der Waals surface area contributed by atoms with Gasteiger partial charge in [0.25, 0.3) is 0 Å². The van der Waals surface area contributed by atoms with Gasteiger partial charge in [-0.15, -0.1) is 0 Å². The highest BCUT2D eigenvalue weighted by Crippen LogP contribution is 2.38. The van der Waals surface area contributed by atoms with Crippen LogP contribution in [-0.2, 0) is 5.41 Å². The van der Waals surface area contributed by atoms with Crippen LogP contribution in [0.1, 0.15) is 146 Å². The summed E-state index contributed by atoms with van der Waals surface area (Å²) in [6.07, 6.45) is 14.4. The molecule has 1 aromatic carbocycles. The zero-order chi connectivity index (χ0) is 24.9. The first-order chi connectivity index (χ1) is 15.7. The van der Waals surface area contributed by atoms with Crippen molar-refractivity contribution < 1.29 is 9.90 Å². The predicted molar refractivity (Wildman–Crippen MR) is 144 cm³/mol. The van der Waals surface area contributed by atoms with Crippen molar-refractivity contribution in [3.8, 4) is 5.75 Å². The average Bonchev–Trinajstić information content (AvgIpc) is 2.77. The average molecular weight is 460 g/mol. The van der Waals surface area contributed by atoms with E-state index in [9.17, 15) is 9.90 Å². The van der Waals surface area contributed by atoms with Crippen molar-refractivity contribution in [1.29, 1.82) is 0 Å². The second kappa shape index (κ2) is 15.5. The van der Waals surface area contributed by atoms with Crippen LogP contribution in [0.2, 0.25) is 0 Å². The molecule has 1 aromatic rings. The number of nitrogens with zero attached hydrogens (tertiary/aromatic N) is 1. The Morgan fingerprint density at radius 2 is 1.48 bits per heavy atom. The van der Waals surface area contributed by atoms with Gasteiger partial charge in [-0.3, -0.25) is 4.79 Å². The highest BCUT2D eigenvalue weighted by molar-refractivity contribution is 5.81. The zero-order valence-electron chi connectivity index (χ0n) is 22.9. The standard InChI is InChI=1S/C30H53NO2/c1-8-12-18-27(16-11-4)31(19-13-9-2)20-14-17-24(15-10-3)25-21-26(23-32)29(33)28(22-25)30(5,6)7/h21-24,27,33H,8-20H2,1-7H3.